The van der Waals surface area contributed by atoms with Crippen molar-refractivity contribution >= 4 is 11.7 Å². The van der Waals surface area contributed by atoms with Crippen LogP contribution in [-0.4, -0.2) is 42.2 Å². The van der Waals surface area contributed by atoms with E-state index in [-0.39, 0.29) is 6.03 Å². The van der Waals surface area contributed by atoms with E-state index in [1.165, 1.54) is 12.8 Å². The molecule has 2 amide bonds. The highest BCUT2D eigenvalue weighted by molar-refractivity contribution is 5.89. The standard InChI is InChI=1S/C16H25N3O2/c1-12(20)13-6-8-14(9-7-13)18-16(21)17-11-15-5-3-4-10-19(15)2/h6-9,12,15,20H,3-5,10-11H2,1-2H3,(H2,17,18,21). The van der Waals surface area contributed by atoms with Gasteiger partial charge in [0, 0.05) is 18.3 Å². The van der Waals surface area contributed by atoms with Crippen LogP contribution < -0.4 is 10.6 Å². The Hall–Kier alpha value is -1.59. The molecule has 1 saturated heterocycles. The Labute approximate surface area is 126 Å². The van der Waals surface area contributed by atoms with Crippen molar-refractivity contribution in [2.24, 2.45) is 0 Å². The Kier molecular flexibility index (Phi) is 5.59. The second kappa shape index (κ2) is 7.43. The minimum absolute atomic E-state index is 0.182. The molecule has 2 atom stereocenters. The second-order valence-corrected chi connectivity index (χ2v) is 5.76. The van der Waals surface area contributed by atoms with E-state index in [9.17, 15) is 9.90 Å². The number of benzene rings is 1. The molecule has 2 rings (SSSR count). The predicted octanol–water partition coefficient (Wildman–Crippen LogP) is 2.35. The van der Waals surface area contributed by atoms with Gasteiger partial charge < -0.3 is 20.6 Å². The lowest BCUT2D eigenvalue weighted by Crippen LogP contribution is -2.45. The van der Waals surface area contributed by atoms with Crippen LogP contribution in [-0.2, 0) is 0 Å². The number of likely N-dealkylation sites (N-methyl/N-ethyl adjacent to an activating group) is 1. The van der Waals surface area contributed by atoms with Crippen LogP contribution >= 0.6 is 0 Å². The number of hydrogen-bond acceptors (Lipinski definition) is 3. The largest absolute Gasteiger partial charge is 0.389 e. The summed E-state index contributed by atoms with van der Waals surface area (Å²) < 4.78 is 0. The van der Waals surface area contributed by atoms with Crippen LogP contribution in [0.25, 0.3) is 0 Å². The van der Waals surface area contributed by atoms with Crippen molar-refractivity contribution in [3.05, 3.63) is 29.8 Å². The van der Waals surface area contributed by atoms with Crippen molar-refractivity contribution in [2.45, 2.75) is 38.3 Å². The maximum atomic E-state index is 11.9. The lowest BCUT2D eigenvalue weighted by molar-refractivity contribution is 0.182. The molecular weight excluding hydrogens is 266 g/mol. The van der Waals surface area contributed by atoms with Crippen molar-refractivity contribution in [3.8, 4) is 0 Å². The third-order valence-electron chi connectivity index (χ3n) is 4.07. The van der Waals surface area contributed by atoms with Crippen LogP contribution in [0, 0.1) is 0 Å². The molecule has 1 aromatic carbocycles. The first-order valence-electron chi connectivity index (χ1n) is 7.59. The van der Waals surface area contributed by atoms with Gasteiger partial charge in [0.15, 0.2) is 0 Å². The van der Waals surface area contributed by atoms with Gasteiger partial charge in [-0.25, -0.2) is 4.79 Å². The van der Waals surface area contributed by atoms with Crippen molar-refractivity contribution in [3.63, 3.8) is 0 Å². The lowest BCUT2D eigenvalue weighted by Gasteiger charge is -2.32. The first kappa shape index (κ1) is 15.8. The molecule has 5 nitrogen and oxygen atoms in total. The number of anilines is 1. The van der Waals surface area contributed by atoms with Gasteiger partial charge in [-0.1, -0.05) is 18.6 Å². The first-order valence-corrected chi connectivity index (χ1v) is 7.59. The summed E-state index contributed by atoms with van der Waals surface area (Å²) in [5.41, 5.74) is 1.57. The molecule has 0 aromatic heterocycles. The Morgan fingerprint density at radius 2 is 2.10 bits per heavy atom. The average molecular weight is 291 g/mol. The van der Waals surface area contributed by atoms with Crippen LogP contribution in [0.3, 0.4) is 0 Å². The van der Waals surface area contributed by atoms with Crippen LogP contribution in [0.2, 0.25) is 0 Å². The molecule has 3 N–H and O–H groups in total. The molecule has 116 valence electrons. The van der Waals surface area contributed by atoms with E-state index in [2.05, 4.69) is 22.6 Å². The fourth-order valence-corrected chi connectivity index (χ4v) is 2.63. The number of carbonyl (C=O) groups excluding carboxylic acids is 1. The van der Waals surface area contributed by atoms with Crippen LogP contribution in [0.4, 0.5) is 10.5 Å². The maximum Gasteiger partial charge on any atom is 0.319 e. The van der Waals surface area contributed by atoms with E-state index in [0.717, 1.165) is 24.2 Å². The quantitative estimate of drug-likeness (QED) is 0.798. The molecule has 1 aromatic rings. The molecule has 0 bridgehead atoms. The summed E-state index contributed by atoms with van der Waals surface area (Å²) in [6, 6.07) is 7.48. The summed E-state index contributed by atoms with van der Waals surface area (Å²) >= 11 is 0. The van der Waals surface area contributed by atoms with Gasteiger partial charge in [-0.2, -0.15) is 0 Å². The third kappa shape index (κ3) is 4.72. The second-order valence-electron chi connectivity index (χ2n) is 5.76. The predicted molar refractivity (Wildman–Crippen MR) is 84.4 cm³/mol. The first-order chi connectivity index (χ1) is 10.1. The van der Waals surface area contributed by atoms with Gasteiger partial charge in [0.1, 0.15) is 0 Å². The molecule has 1 aliphatic rings. The van der Waals surface area contributed by atoms with Crippen molar-refractivity contribution in [2.75, 3.05) is 25.5 Å². The molecule has 1 fully saturated rings. The summed E-state index contributed by atoms with van der Waals surface area (Å²) in [5, 5.41) is 15.2. The zero-order valence-corrected chi connectivity index (χ0v) is 12.8. The number of urea groups is 1. The zero-order valence-electron chi connectivity index (χ0n) is 12.8. The summed E-state index contributed by atoms with van der Waals surface area (Å²) in [5.74, 6) is 0. The molecule has 1 aliphatic heterocycles. The molecule has 0 saturated carbocycles. The number of nitrogens with one attached hydrogen (secondary N) is 2. The SMILES string of the molecule is CC(O)c1ccc(NC(=O)NCC2CCCCN2C)cc1. The minimum Gasteiger partial charge on any atom is -0.389 e. The van der Waals surface area contributed by atoms with Gasteiger partial charge in [0.05, 0.1) is 6.10 Å². The molecule has 0 spiro atoms. The molecule has 21 heavy (non-hydrogen) atoms. The Bertz CT molecular complexity index is 459. The number of nitrogens with zero attached hydrogens (tertiary/aromatic N) is 1. The molecule has 5 heteroatoms. The Balaban J connectivity index is 1.78. The number of hydrogen-bond donors (Lipinski definition) is 3. The minimum atomic E-state index is -0.491. The maximum absolute atomic E-state index is 11.9. The van der Waals surface area contributed by atoms with E-state index in [4.69, 9.17) is 0 Å². The van der Waals surface area contributed by atoms with Crippen LogP contribution in [0.15, 0.2) is 24.3 Å². The zero-order chi connectivity index (χ0) is 15.2. The number of aliphatic hydroxyl groups is 1. The number of amides is 2. The highest BCUT2D eigenvalue weighted by Crippen LogP contribution is 2.16. The van der Waals surface area contributed by atoms with Crippen molar-refractivity contribution < 1.29 is 9.90 Å². The number of aliphatic hydroxyl groups excluding tert-OH is 1. The Morgan fingerprint density at radius 1 is 1.38 bits per heavy atom. The molecule has 0 radical (unpaired) electrons. The van der Waals surface area contributed by atoms with Crippen molar-refractivity contribution in [1.82, 2.24) is 10.2 Å². The average Bonchev–Trinajstić information content (AvgIpc) is 2.47. The number of rotatable bonds is 4. The summed E-state index contributed by atoms with van der Waals surface area (Å²) in [4.78, 5) is 14.2. The van der Waals surface area contributed by atoms with Gasteiger partial charge in [-0.3, -0.25) is 0 Å². The number of likely N-dealkylation sites (tertiary alicyclic amines) is 1. The van der Waals surface area contributed by atoms with E-state index in [0.29, 0.717) is 12.6 Å². The van der Waals surface area contributed by atoms with Gasteiger partial charge in [0.25, 0.3) is 0 Å². The summed E-state index contributed by atoms with van der Waals surface area (Å²) in [6.07, 6.45) is 3.13. The molecular formula is C16H25N3O2. The monoisotopic (exact) mass is 291 g/mol. The van der Waals surface area contributed by atoms with Gasteiger partial charge in [-0.15, -0.1) is 0 Å². The van der Waals surface area contributed by atoms with Gasteiger partial charge >= 0.3 is 6.03 Å². The normalized spacial score (nSPS) is 20.8. The topological polar surface area (TPSA) is 64.6 Å². The highest BCUT2D eigenvalue weighted by Gasteiger charge is 2.19. The summed E-state index contributed by atoms with van der Waals surface area (Å²) in [7, 11) is 2.11. The third-order valence-corrected chi connectivity index (χ3v) is 4.07. The summed E-state index contributed by atoms with van der Waals surface area (Å²) in [6.45, 7) is 3.50. The van der Waals surface area contributed by atoms with E-state index in [1.807, 2.05) is 12.1 Å². The fourth-order valence-electron chi connectivity index (χ4n) is 2.63. The van der Waals surface area contributed by atoms with E-state index in [1.54, 1.807) is 19.1 Å². The van der Waals surface area contributed by atoms with Crippen LogP contribution in [0.5, 0.6) is 0 Å². The van der Waals surface area contributed by atoms with Gasteiger partial charge in [0.2, 0.25) is 0 Å². The fraction of sp³-hybridized carbons (Fsp3) is 0.562. The van der Waals surface area contributed by atoms with Crippen LogP contribution in [0.1, 0.15) is 37.9 Å². The van der Waals surface area contributed by atoms with E-state index < -0.39 is 6.10 Å². The van der Waals surface area contributed by atoms with E-state index >= 15 is 0 Å². The van der Waals surface area contributed by atoms with Gasteiger partial charge in [-0.05, 0) is 51.1 Å². The lowest BCUT2D eigenvalue weighted by atomic mass is 10.0. The highest BCUT2D eigenvalue weighted by atomic mass is 16.3. The molecule has 0 aliphatic carbocycles. The molecule has 1 heterocycles. The van der Waals surface area contributed by atoms with Crippen molar-refractivity contribution in [1.29, 1.82) is 0 Å². The smallest absolute Gasteiger partial charge is 0.319 e. The Morgan fingerprint density at radius 3 is 2.71 bits per heavy atom. The number of carbonyl (C=O) groups is 1. The molecule has 2 unspecified atom stereocenters. The number of piperidine rings is 1.